The molecule has 1 fully saturated rings. The van der Waals surface area contributed by atoms with Gasteiger partial charge in [0.05, 0.1) is 22.7 Å². The van der Waals surface area contributed by atoms with Crippen molar-refractivity contribution in [3.63, 3.8) is 0 Å². The summed E-state index contributed by atoms with van der Waals surface area (Å²) in [5, 5.41) is 11.3. The normalized spacial score (nSPS) is 25.1. The van der Waals surface area contributed by atoms with Gasteiger partial charge < -0.3 is 16.0 Å². The van der Waals surface area contributed by atoms with Crippen LogP contribution in [0.15, 0.2) is 66.7 Å². The van der Waals surface area contributed by atoms with Gasteiger partial charge >= 0.3 is 0 Å². The third-order valence-corrected chi connectivity index (χ3v) is 8.72. The second-order valence-corrected chi connectivity index (χ2v) is 13.2. The zero-order valence-electron chi connectivity index (χ0n) is 27.2. The Morgan fingerprint density at radius 1 is 0.935 bits per heavy atom. The highest BCUT2D eigenvalue weighted by atomic mass is 16.2. The van der Waals surface area contributed by atoms with Gasteiger partial charge in [0.15, 0.2) is 0 Å². The number of hydrogen-bond donors (Lipinski definition) is 4. The first-order valence-electron chi connectivity index (χ1n) is 16.0. The highest BCUT2D eigenvalue weighted by Gasteiger charge is 2.36. The van der Waals surface area contributed by atoms with Crippen LogP contribution in [0.5, 0.6) is 0 Å². The van der Waals surface area contributed by atoms with Crippen molar-refractivity contribution in [2.75, 3.05) is 6.54 Å². The predicted molar refractivity (Wildman–Crippen MR) is 178 cm³/mol. The topological polar surface area (TPSA) is 133 Å². The number of nitrogens with one attached hydrogen (secondary N) is 4. The summed E-state index contributed by atoms with van der Waals surface area (Å²) in [7, 11) is 0. The molecule has 3 aromatic rings. The molecule has 0 radical (unpaired) electrons. The van der Waals surface area contributed by atoms with Gasteiger partial charge in [-0.15, -0.1) is 0 Å². The summed E-state index contributed by atoms with van der Waals surface area (Å²) >= 11 is 0. The summed E-state index contributed by atoms with van der Waals surface area (Å²) in [6, 6.07) is 16.4. The van der Waals surface area contributed by atoms with Crippen LogP contribution < -0.4 is 21.4 Å². The summed E-state index contributed by atoms with van der Waals surface area (Å²) in [6.07, 6.45) is 5.10. The van der Waals surface area contributed by atoms with Crippen LogP contribution in [0.3, 0.4) is 0 Å². The summed E-state index contributed by atoms with van der Waals surface area (Å²) in [4.78, 5) is 59.7. The minimum absolute atomic E-state index is 0.233. The van der Waals surface area contributed by atoms with Crippen molar-refractivity contribution in [3.8, 4) is 0 Å². The number of aromatic nitrogens is 1. The summed E-state index contributed by atoms with van der Waals surface area (Å²) in [5.41, 5.74) is 5.39. The zero-order valence-corrected chi connectivity index (χ0v) is 27.2. The smallest absolute Gasteiger partial charge is 0.259 e. The average molecular weight is 625 g/mol. The van der Waals surface area contributed by atoms with Gasteiger partial charge in [0.1, 0.15) is 18.1 Å². The largest absolute Gasteiger partial charge is 0.347 e. The number of rotatable bonds is 3. The maximum Gasteiger partial charge on any atom is 0.259 e. The van der Waals surface area contributed by atoms with E-state index >= 15 is 0 Å². The van der Waals surface area contributed by atoms with Crippen LogP contribution in [0, 0.1) is 11.3 Å². The molecule has 1 saturated heterocycles. The molecule has 1 aromatic heterocycles. The molecule has 2 aromatic carbocycles. The Balaban J connectivity index is 1.52. The SMILES string of the molecule is CC(C)[C@@H]1NC(=O)C(C)(C)/C=C/c2ccc3ccc(nc3c2)[C@@H](C)NC(=O)C2CCCN(N2)C(=O)[C@H](Cc2ccccc2)NC1=O. The lowest BCUT2D eigenvalue weighted by Crippen LogP contribution is -2.63. The molecule has 4 atom stereocenters. The quantitative estimate of drug-likeness (QED) is 0.350. The number of carbonyl (C=O) groups is 4. The maximum absolute atomic E-state index is 14.0. The Kier molecular flexibility index (Phi) is 9.86. The summed E-state index contributed by atoms with van der Waals surface area (Å²) in [5.74, 6) is -1.59. The Morgan fingerprint density at radius 2 is 1.67 bits per heavy atom. The fourth-order valence-corrected chi connectivity index (χ4v) is 5.76. The first kappa shape index (κ1) is 32.8. The lowest BCUT2D eigenvalue weighted by atomic mass is 9.89. The fraction of sp³-hybridized carbons (Fsp3) is 0.417. The third kappa shape index (κ3) is 7.62. The van der Waals surface area contributed by atoms with Gasteiger partial charge in [-0.05, 0) is 62.8 Å². The first-order valence-corrected chi connectivity index (χ1v) is 16.0. The predicted octanol–water partition coefficient (Wildman–Crippen LogP) is 3.83. The first-order chi connectivity index (χ1) is 21.9. The number of hydrazine groups is 1. The second-order valence-electron chi connectivity index (χ2n) is 13.2. The molecule has 46 heavy (non-hydrogen) atoms. The molecular formula is C36H44N6O4. The van der Waals surface area contributed by atoms with Crippen LogP contribution in [0.4, 0.5) is 0 Å². The van der Waals surface area contributed by atoms with Crippen molar-refractivity contribution < 1.29 is 19.2 Å². The van der Waals surface area contributed by atoms with Gasteiger partial charge in [0, 0.05) is 18.4 Å². The highest BCUT2D eigenvalue weighted by Crippen LogP contribution is 2.24. The number of benzene rings is 2. The maximum atomic E-state index is 14.0. The molecule has 1 unspecified atom stereocenters. The minimum atomic E-state index is -0.943. The zero-order chi connectivity index (χ0) is 33.0. The molecule has 4 amide bonds. The van der Waals surface area contributed by atoms with E-state index in [0.29, 0.717) is 25.1 Å². The molecule has 10 nitrogen and oxygen atoms in total. The molecule has 242 valence electrons. The number of hydrogen-bond acceptors (Lipinski definition) is 6. The number of carbonyl (C=O) groups excluding carboxylic acids is 4. The molecule has 5 rings (SSSR count). The van der Waals surface area contributed by atoms with Crippen LogP contribution in [0.1, 0.15) is 70.3 Å². The average Bonchev–Trinajstić information content (AvgIpc) is 3.05. The van der Waals surface area contributed by atoms with Crippen molar-refractivity contribution in [3.05, 3.63) is 83.6 Å². The number of pyridine rings is 1. The summed E-state index contributed by atoms with van der Waals surface area (Å²) in [6.45, 7) is 9.58. The molecule has 2 aliphatic heterocycles. The Labute approximate surface area is 270 Å². The number of amides is 4. The monoisotopic (exact) mass is 624 g/mol. The van der Waals surface area contributed by atoms with Crippen LogP contribution in [0.25, 0.3) is 17.0 Å². The molecule has 0 aliphatic carbocycles. The van der Waals surface area contributed by atoms with Crippen molar-refractivity contribution in [1.82, 2.24) is 31.4 Å². The molecular weight excluding hydrogens is 580 g/mol. The van der Waals surface area contributed by atoms with Crippen LogP contribution >= 0.6 is 0 Å². The Morgan fingerprint density at radius 3 is 2.41 bits per heavy atom. The van der Waals surface area contributed by atoms with E-state index in [9.17, 15) is 19.2 Å². The van der Waals surface area contributed by atoms with E-state index in [1.54, 1.807) is 13.8 Å². The van der Waals surface area contributed by atoms with Gasteiger partial charge in [0.25, 0.3) is 5.91 Å². The third-order valence-electron chi connectivity index (χ3n) is 8.72. The van der Waals surface area contributed by atoms with Gasteiger partial charge in [-0.25, -0.2) is 5.43 Å². The van der Waals surface area contributed by atoms with Crippen LogP contribution in [-0.4, -0.2) is 58.3 Å². The lowest BCUT2D eigenvalue weighted by molar-refractivity contribution is -0.144. The van der Waals surface area contributed by atoms with E-state index in [1.165, 1.54) is 5.01 Å². The molecule has 0 spiro atoms. The molecule has 5 bridgehead atoms. The minimum Gasteiger partial charge on any atom is -0.347 e. The number of nitrogens with zero attached hydrogens (tertiary/aromatic N) is 2. The summed E-state index contributed by atoms with van der Waals surface area (Å²) < 4.78 is 0. The molecule has 2 aliphatic rings. The standard InChI is InChI=1S/C36H44N6O4/c1-22(2)31-33(44)39-30(21-24-10-7-6-8-11-24)34(45)42-19-9-12-28(41-42)32(43)37-23(3)27-16-15-26-14-13-25(20-29(26)38-27)17-18-36(4,5)35(46)40-31/h6-8,10-11,13-18,20,22-23,28,30-31,41H,9,12,19,21H2,1-5H3,(H,37,43)(H,39,44)(H,40,46)/b18-17+/t23-,28?,30+,31+/m1/s1. The fourth-order valence-electron chi connectivity index (χ4n) is 5.76. The van der Waals surface area contributed by atoms with Crippen molar-refractivity contribution in [2.24, 2.45) is 11.3 Å². The van der Waals surface area contributed by atoms with Crippen LogP contribution in [-0.2, 0) is 25.6 Å². The van der Waals surface area contributed by atoms with Gasteiger partial charge in [-0.3, -0.25) is 29.2 Å². The molecule has 4 N–H and O–H groups in total. The van der Waals surface area contributed by atoms with Crippen molar-refractivity contribution >= 4 is 40.6 Å². The molecule has 10 heteroatoms. The van der Waals surface area contributed by atoms with E-state index < -0.39 is 29.4 Å². The van der Waals surface area contributed by atoms with E-state index in [1.807, 2.05) is 93.6 Å². The Bertz CT molecular complexity index is 1640. The number of fused-ring (bicyclic) bond motifs is 4. The van der Waals surface area contributed by atoms with Crippen molar-refractivity contribution in [2.45, 2.75) is 78.0 Å². The van der Waals surface area contributed by atoms with Crippen molar-refractivity contribution in [1.29, 1.82) is 0 Å². The lowest BCUT2D eigenvalue weighted by Gasteiger charge is -2.36. The highest BCUT2D eigenvalue weighted by molar-refractivity contribution is 5.94. The van der Waals surface area contributed by atoms with Crippen LogP contribution in [0.2, 0.25) is 0 Å². The van der Waals surface area contributed by atoms with Gasteiger partial charge in [0.2, 0.25) is 17.7 Å². The molecule has 0 saturated carbocycles. The van der Waals surface area contributed by atoms with E-state index in [2.05, 4.69) is 21.4 Å². The Hall–Kier alpha value is -4.57. The second kappa shape index (κ2) is 13.8. The molecule has 3 heterocycles. The van der Waals surface area contributed by atoms with Gasteiger partial charge in [-0.2, -0.15) is 0 Å². The van der Waals surface area contributed by atoms with E-state index in [0.717, 1.165) is 22.0 Å². The van der Waals surface area contributed by atoms with E-state index in [4.69, 9.17) is 4.98 Å². The van der Waals surface area contributed by atoms with E-state index in [-0.39, 0.29) is 36.1 Å². The van der Waals surface area contributed by atoms with Gasteiger partial charge in [-0.1, -0.05) is 74.5 Å².